The Labute approximate surface area is 113 Å². The molecular weight excluding hydrogens is 250 g/mol. The van der Waals surface area contributed by atoms with Gasteiger partial charge >= 0.3 is 12.0 Å². The second kappa shape index (κ2) is 8.34. The third-order valence-electron chi connectivity index (χ3n) is 2.88. The van der Waals surface area contributed by atoms with E-state index in [1.165, 1.54) is 16.7 Å². The molecule has 0 radical (unpaired) electrons. The fourth-order valence-electron chi connectivity index (χ4n) is 1.34. The van der Waals surface area contributed by atoms with Gasteiger partial charge in [0.05, 0.1) is 12.5 Å². The minimum atomic E-state index is -0.951. The van der Waals surface area contributed by atoms with E-state index in [2.05, 4.69) is 5.32 Å². The van der Waals surface area contributed by atoms with Crippen molar-refractivity contribution >= 4 is 17.9 Å². The number of carbonyl (C=O) groups excluding carboxylic acids is 2. The van der Waals surface area contributed by atoms with Crippen LogP contribution in [0.2, 0.25) is 0 Å². The van der Waals surface area contributed by atoms with Crippen molar-refractivity contribution in [3.05, 3.63) is 0 Å². The Kier molecular flexibility index (Phi) is 7.55. The molecule has 2 N–H and O–H groups in total. The molecule has 0 saturated carbocycles. The summed E-state index contributed by atoms with van der Waals surface area (Å²) in [6, 6.07) is -0.423. The van der Waals surface area contributed by atoms with Crippen LogP contribution in [0.5, 0.6) is 0 Å². The zero-order valence-corrected chi connectivity index (χ0v) is 12.0. The Balaban J connectivity index is 4.29. The van der Waals surface area contributed by atoms with Gasteiger partial charge in [0.1, 0.15) is 0 Å². The first kappa shape index (κ1) is 17.2. The molecule has 7 nitrogen and oxygen atoms in total. The number of carbonyl (C=O) groups is 3. The van der Waals surface area contributed by atoms with Crippen molar-refractivity contribution in [2.75, 3.05) is 33.2 Å². The number of urea groups is 1. The summed E-state index contributed by atoms with van der Waals surface area (Å²) in [6.07, 6.45) is 0. The molecule has 0 aliphatic heterocycles. The monoisotopic (exact) mass is 273 g/mol. The van der Waals surface area contributed by atoms with Crippen LogP contribution < -0.4 is 5.32 Å². The molecule has 0 saturated heterocycles. The highest BCUT2D eigenvalue weighted by Crippen LogP contribution is 2.00. The summed E-state index contributed by atoms with van der Waals surface area (Å²) in [6.45, 7) is 6.13. The molecule has 0 aromatic carbocycles. The molecule has 7 heteroatoms. The van der Waals surface area contributed by atoms with E-state index in [0.717, 1.165) is 0 Å². The van der Waals surface area contributed by atoms with Crippen LogP contribution in [0.1, 0.15) is 20.8 Å². The zero-order chi connectivity index (χ0) is 15.0. The van der Waals surface area contributed by atoms with Gasteiger partial charge in [-0.1, -0.05) is 6.92 Å². The van der Waals surface area contributed by atoms with Gasteiger partial charge in [-0.05, 0) is 13.8 Å². The second-order valence-corrected chi connectivity index (χ2v) is 4.34. The van der Waals surface area contributed by atoms with E-state index in [-0.39, 0.29) is 19.0 Å². The maximum Gasteiger partial charge on any atom is 0.317 e. The highest BCUT2D eigenvalue weighted by atomic mass is 16.4. The highest BCUT2D eigenvalue weighted by molar-refractivity contribution is 5.84. The van der Waals surface area contributed by atoms with Crippen LogP contribution in [0.3, 0.4) is 0 Å². The van der Waals surface area contributed by atoms with Gasteiger partial charge < -0.3 is 20.2 Å². The van der Waals surface area contributed by atoms with Crippen molar-refractivity contribution in [3.8, 4) is 0 Å². The number of carboxylic acids is 1. The smallest absolute Gasteiger partial charge is 0.317 e. The number of likely N-dealkylation sites (N-methyl/N-ethyl adjacent to an activating group) is 1. The van der Waals surface area contributed by atoms with Crippen LogP contribution in [0, 0.1) is 5.92 Å². The number of hydrogen-bond donors (Lipinski definition) is 2. The van der Waals surface area contributed by atoms with E-state index in [1.807, 2.05) is 6.92 Å². The molecule has 0 spiro atoms. The summed E-state index contributed by atoms with van der Waals surface area (Å²) in [7, 11) is 1.65. The molecule has 0 fully saturated rings. The number of rotatable bonds is 7. The predicted molar refractivity (Wildman–Crippen MR) is 70.8 cm³/mol. The summed E-state index contributed by atoms with van der Waals surface area (Å²) in [4.78, 5) is 36.9. The molecule has 0 aromatic rings. The van der Waals surface area contributed by atoms with Crippen molar-refractivity contribution in [2.24, 2.45) is 5.92 Å². The van der Waals surface area contributed by atoms with Crippen molar-refractivity contribution in [1.29, 1.82) is 0 Å². The zero-order valence-electron chi connectivity index (χ0n) is 12.0. The molecule has 0 aliphatic carbocycles. The molecule has 0 aliphatic rings. The number of nitrogens with zero attached hydrogens (tertiary/aromatic N) is 2. The lowest BCUT2D eigenvalue weighted by Gasteiger charge is -2.23. The lowest BCUT2D eigenvalue weighted by atomic mass is 10.2. The van der Waals surface area contributed by atoms with Gasteiger partial charge in [0.2, 0.25) is 5.91 Å². The Hall–Kier alpha value is -1.79. The summed E-state index contributed by atoms with van der Waals surface area (Å²) in [5.74, 6) is -1.77. The van der Waals surface area contributed by atoms with Crippen LogP contribution in [0.4, 0.5) is 4.79 Å². The minimum Gasteiger partial charge on any atom is -0.481 e. The van der Waals surface area contributed by atoms with Crippen LogP contribution in [-0.4, -0.2) is 66.0 Å². The topological polar surface area (TPSA) is 90.0 Å². The third kappa shape index (κ3) is 6.08. The molecule has 1 unspecified atom stereocenters. The van der Waals surface area contributed by atoms with Crippen LogP contribution >= 0.6 is 0 Å². The van der Waals surface area contributed by atoms with E-state index < -0.39 is 17.9 Å². The Morgan fingerprint density at radius 2 is 1.79 bits per heavy atom. The normalized spacial score (nSPS) is 11.6. The minimum absolute atomic E-state index is 0.0822. The highest BCUT2D eigenvalue weighted by Gasteiger charge is 2.19. The molecular formula is C12H23N3O4. The summed E-state index contributed by atoms with van der Waals surface area (Å²) in [5.41, 5.74) is 0. The van der Waals surface area contributed by atoms with E-state index >= 15 is 0 Å². The van der Waals surface area contributed by atoms with Gasteiger partial charge in [-0.2, -0.15) is 0 Å². The van der Waals surface area contributed by atoms with Crippen molar-refractivity contribution in [3.63, 3.8) is 0 Å². The van der Waals surface area contributed by atoms with Gasteiger partial charge in [-0.3, -0.25) is 9.59 Å². The molecule has 0 heterocycles. The van der Waals surface area contributed by atoms with E-state index in [4.69, 9.17) is 5.11 Å². The summed E-state index contributed by atoms with van der Waals surface area (Å²) in [5, 5.41) is 11.3. The molecule has 0 bridgehead atoms. The van der Waals surface area contributed by atoms with Gasteiger partial charge in [0.15, 0.2) is 0 Å². The van der Waals surface area contributed by atoms with E-state index in [9.17, 15) is 14.4 Å². The largest absolute Gasteiger partial charge is 0.481 e. The number of aliphatic carboxylic acids is 1. The summed E-state index contributed by atoms with van der Waals surface area (Å²) >= 11 is 0. The fourth-order valence-corrected chi connectivity index (χ4v) is 1.34. The Morgan fingerprint density at radius 3 is 2.21 bits per heavy atom. The predicted octanol–water partition coefficient (Wildman–Crippen LogP) is 0.217. The average Bonchev–Trinajstić information content (AvgIpc) is 2.39. The van der Waals surface area contributed by atoms with Crippen LogP contribution in [0.15, 0.2) is 0 Å². The van der Waals surface area contributed by atoms with Crippen molar-refractivity contribution in [2.45, 2.75) is 20.8 Å². The summed E-state index contributed by atoms with van der Waals surface area (Å²) < 4.78 is 0. The van der Waals surface area contributed by atoms with Crippen molar-refractivity contribution < 1.29 is 19.5 Å². The van der Waals surface area contributed by atoms with Crippen LogP contribution in [-0.2, 0) is 9.59 Å². The molecule has 3 amide bonds. The average molecular weight is 273 g/mol. The van der Waals surface area contributed by atoms with E-state index in [1.54, 1.807) is 14.0 Å². The Morgan fingerprint density at radius 1 is 1.21 bits per heavy atom. The lowest BCUT2D eigenvalue weighted by Crippen LogP contribution is -2.46. The first-order valence-electron chi connectivity index (χ1n) is 6.32. The maximum atomic E-state index is 11.8. The molecule has 0 rings (SSSR count). The first-order valence-corrected chi connectivity index (χ1v) is 6.32. The first-order chi connectivity index (χ1) is 8.83. The molecule has 0 aromatic heterocycles. The quantitative estimate of drug-likeness (QED) is 0.694. The number of hydrogen-bond acceptors (Lipinski definition) is 3. The van der Waals surface area contributed by atoms with Crippen molar-refractivity contribution in [1.82, 2.24) is 15.1 Å². The fraction of sp³-hybridized carbons (Fsp3) is 0.750. The van der Waals surface area contributed by atoms with Gasteiger partial charge in [-0.25, -0.2) is 4.79 Å². The van der Waals surface area contributed by atoms with Crippen LogP contribution in [0.25, 0.3) is 0 Å². The number of carboxylic acid groups (broad SMARTS) is 1. The third-order valence-corrected chi connectivity index (χ3v) is 2.88. The van der Waals surface area contributed by atoms with Gasteiger partial charge in [0.25, 0.3) is 0 Å². The van der Waals surface area contributed by atoms with Gasteiger partial charge in [-0.15, -0.1) is 0 Å². The Bertz CT molecular complexity index is 333. The standard InChI is InChI=1S/C12H23N3O4/c1-5-14(4)10(16)7-13-12(19)15(6-2)8-9(3)11(17)18/h9H,5-8H2,1-4H3,(H,13,19)(H,17,18). The molecule has 1 atom stereocenters. The molecule has 19 heavy (non-hydrogen) atoms. The second-order valence-electron chi connectivity index (χ2n) is 4.34. The number of nitrogens with one attached hydrogen (secondary N) is 1. The lowest BCUT2D eigenvalue weighted by molar-refractivity contribution is -0.141. The SMILES string of the molecule is CCN(C)C(=O)CNC(=O)N(CC)CC(C)C(=O)O. The number of amides is 3. The van der Waals surface area contributed by atoms with E-state index in [0.29, 0.717) is 13.1 Å². The molecule has 110 valence electrons. The van der Waals surface area contributed by atoms with Gasteiger partial charge in [0, 0.05) is 26.7 Å². The maximum absolute atomic E-state index is 11.8.